The summed E-state index contributed by atoms with van der Waals surface area (Å²) in [4.78, 5) is 12.8. The average Bonchev–Trinajstić information content (AvgIpc) is 2.89. The van der Waals surface area contributed by atoms with Gasteiger partial charge in [0, 0.05) is 23.3 Å². The Balaban J connectivity index is 1.91. The van der Waals surface area contributed by atoms with Crippen LogP contribution in [0.15, 0.2) is 34.9 Å². The number of rotatable bonds is 1. The van der Waals surface area contributed by atoms with Crippen LogP contribution in [0.5, 0.6) is 0 Å². The molecule has 0 fully saturated rings. The molecule has 0 aromatic carbocycles. The van der Waals surface area contributed by atoms with Gasteiger partial charge in [0.25, 0.3) is 0 Å². The Bertz CT molecular complexity index is 504. The molecule has 4 nitrogen and oxygen atoms in total. The summed E-state index contributed by atoms with van der Waals surface area (Å²) in [5.41, 5.74) is 2.10. The van der Waals surface area contributed by atoms with Crippen LogP contribution in [0.1, 0.15) is 11.3 Å². The van der Waals surface area contributed by atoms with Gasteiger partial charge < -0.3 is 5.32 Å². The molecule has 0 saturated heterocycles. The summed E-state index contributed by atoms with van der Waals surface area (Å²) in [6.07, 6.45) is 3.55. The number of pyridine rings is 1. The van der Waals surface area contributed by atoms with Crippen LogP contribution in [-0.4, -0.2) is 15.8 Å². The van der Waals surface area contributed by atoms with E-state index in [4.69, 9.17) is 0 Å². The van der Waals surface area contributed by atoms with Crippen molar-refractivity contribution in [2.45, 2.75) is 6.54 Å². The molecule has 15 heavy (non-hydrogen) atoms. The molecule has 0 atom stereocenters. The van der Waals surface area contributed by atoms with Crippen molar-refractivity contribution in [3.63, 3.8) is 0 Å². The van der Waals surface area contributed by atoms with Crippen molar-refractivity contribution < 1.29 is 0 Å². The number of hydrogen-bond acceptors (Lipinski definition) is 5. The molecule has 2 aromatic rings. The Hall–Kier alpha value is -1.75. The summed E-state index contributed by atoms with van der Waals surface area (Å²) in [6.45, 7) is 0.705. The number of fused-ring (bicyclic) bond motifs is 1. The summed E-state index contributed by atoms with van der Waals surface area (Å²) in [6, 6.07) is 3.98. The third kappa shape index (κ3) is 1.50. The van der Waals surface area contributed by atoms with Gasteiger partial charge in [0.1, 0.15) is 5.69 Å². The van der Waals surface area contributed by atoms with Gasteiger partial charge in [-0.25, -0.2) is 4.98 Å². The van der Waals surface area contributed by atoms with E-state index < -0.39 is 0 Å². The van der Waals surface area contributed by atoms with Crippen LogP contribution in [0.2, 0.25) is 0 Å². The van der Waals surface area contributed by atoms with E-state index >= 15 is 0 Å². The van der Waals surface area contributed by atoms with Gasteiger partial charge in [-0.15, -0.1) is 11.3 Å². The monoisotopic (exact) mass is 216 g/mol. The summed E-state index contributed by atoms with van der Waals surface area (Å²) in [5.74, 6) is 0.820. The Labute approximate surface area is 90.7 Å². The molecular formula is C10H8N4S. The Morgan fingerprint density at radius 3 is 3.13 bits per heavy atom. The molecule has 3 rings (SSSR count). The molecule has 0 bridgehead atoms. The second kappa shape index (κ2) is 3.43. The fourth-order valence-electron chi connectivity index (χ4n) is 1.50. The lowest BCUT2D eigenvalue weighted by atomic mass is 10.2. The molecular weight excluding hydrogens is 208 g/mol. The summed E-state index contributed by atoms with van der Waals surface area (Å²) < 4.78 is 0. The summed E-state index contributed by atoms with van der Waals surface area (Å²) >= 11 is 1.55. The van der Waals surface area contributed by atoms with E-state index in [2.05, 4.69) is 20.3 Å². The largest absolute Gasteiger partial charge is 0.315 e. The van der Waals surface area contributed by atoms with Crippen LogP contribution >= 0.6 is 11.3 Å². The van der Waals surface area contributed by atoms with Crippen LogP contribution in [-0.2, 0) is 6.54 Å². The fraction of sp³-hybridized carbons (Fsp3) is 0.100. The van der Waals surface area contributed by atoms with Crippen molar-refractivity contribution in [3.05, 3.63) is 41.2 Å². The molecule has 5 heteroatoms. The predicted octanol–water partition coefficient (Wildman–Crippen LogP) is 1.91. The van der Waals surface area contributed by atoms with Crippen molar-refractivity contribution in [3.8, 4) is 0 Å². The van der Waals surface area contributed by atoms with E-state index in [1.54, 1.807) is 23.7 Å². The highest BCUT2D eigenvalue weighted by atomic mass is 32.1. The third-order valence-electron chi connectivity index (χ3n) is 2.18. The first-order valence-corrected chi connectivity index (χ1v) is 5.47. The Morgan fingerprint density at radius 2 is 2.27 bits per heavy atom. The molecule has 0 saturated carbocycles. The SMILES string of the molecule is c1cnc2c(c1)CN=C2Nc1nccs1. The van der Waals surface area contributed by atoms with Gasteiger partial charge in [-0.2, -0.15) is 0 Å². The standard InChI is InChI=1S/C10H8N4S/c1-2-7-6-13-9(8(7)11-3-1)14-10-12-4-5-15-10/h1-5H,6H2,(H,12,13,14). The zero-order chi connectivity index (χ0) is 10.1. The normalized spacial score (nSPS) is 13.5. The minimum Gasteiger partial charge on any atom is -0.315 e. The van der Waals surface area contributed by atoms with Crippen LogP contribution in [0.3, 0.4) is 0 Å². The number of hydrogen-bond donors (Lipinski definition) is 1. The predicted molar refractivity (Wildman–Crippen MR) is 60.2 cm³/mol. The zero-order valence-electron chi connectivity index (χ0n) is 7.84. The lowest BCUT2D eigenvalue weighted by Gasteiger charge is -2.02. The quantitative estimate of drug-likeness (QED) is 0.792. The maximum atomic E-state index is 4.39. The molecule has 3 heterocycles. The maximum Gasteiger partial charge on any atom is 0.188 e. The molecule has 0 radical (unpaired) electrons. The molecule has 1 aliphatic rings. The van der Waals surface area contributed by atoms with E-state index in [1.165, 1.54) is 0 Å². The van der Waals surface area contributed by atoms with Gasteiger partial charge in [0.2, 0.25) is 0 Å². The van der Waals surface area contributed by atoms with Crippen LogP contribution in [0.25, 0.3) is 0 Å². The highest BCUT2D eigenvalue weighted by Crippen LogP contribution is 2.18. The molecule has 74 valence electrons. The van der Waals surface area contributed by atoms with Crippen molar-refractivity contribution in [1.82, 2.24) is 9.97 Å². The smallest absolute Gasteiger partial charge is 0.188 e. The van der Waals surface area contributed by atoms with Crippen LogP contribution in [0, 0.1) is 0 Å². The van der Waals surface area contributed by atoms with Gasteiger partial charge >= 0.3 is 0 Å². The first kappa shape index (κ1) is 8.55. The van der Waals surface area contributed by atoms with E-state index in [0.717, 1.165) is 22.2 Å². The number of aromatic nitrogens is 2. The number of thiazole rings is 1. The second-order valence-corrected chi connectivity index (χ2v) is 4.03. The highest BCUT2D eigenvalue weighted by Gasteiger charge is 2.16. The average molecular weight is 216 g/mol. The van der Waals surface area contributed by atoms with Crippen LogP contribution in [0.4, 0.5) is 5.13 Å². The Kier molecular flexibility index (Phi) is 1.96. The molecule has 1 N–H and O–H groups in total. The third-order valence-corrected chi connectivity index (χ3v) is 2.87. The molecule has 0 amide bonds. The van der Waals surface area contributed by atoms with E-state index in [9.17, 15) is 0 Å². The number of anilines is 1. The topological polar surface area (TPSA) is 50.2 Å². The van der Waals surface area contributed by atoms with Gasteiger partial charge in [-0.3, -0.25) is 9.98 Å². The number of amidine groups is 1. The maximum absolute atomic E-state index is 4.39. The highest BCUT2D eigenvalue weighted by molar-refractivity contribution is 7.13. The minimum atomic E-state index is 0.705. The van der Waals surface area contributed by atoms with Crippen molar-refractivity contribution in [2.75, 3.05) is 5.32 Å². The number of aliphatic imine (C=N–C) groups is 1. The van der Waals surface area contributed by atoms with E-state index in [-0.39, 0.29) is 0 Å². The lowest BCUT2D eigenvalue weighted by molar-refractivity contribution is 1.09. The Morgan fingerprint density at radius 1 is 1.27 bits per heavy atom. The summed E-state index contributed by atoms with van der Waals surface area (Å²) in [5, 5.41) is 5.95. The lowest BCUT2D eigenvalue weighted by Crippen LogP contribution is -2.12. The van der Waals surface area contributed by atoms with Gasteiger partial charge in [0.15, 0.2) is 11.0 Å². The first-order valence-electron chi connectivity index (χ1n) is 4.59. The van der Waals surface area contributed by atoms with Crippen molar-refractivity contribution in [2.24, 2.45) is 4.99 Å². The minimum absolute atomic E-state index is 0.705. The first-order chi connectivity index (χ1) is 7.43. The molecule has 0 spiro atoms. The van der Waals surface area contributed by atoms with E-state index in [0.29, 0.717) is 6.54 Å². The molecule has 2 aromatic heterocycles. The van der Waals surface area contributed by atoms with Gasteiger partial charge in [-0.1, -0.05) is 6.07 Å². The number of nitrogens with zero attached hydrogens (tertiary/aromatic N) is 3. The zero-order valence-corrected chi connectivity index (χ0v) is 8.66. The summed E-state index contributed by atoms with van der Waals surface area (Å²) in [7, 11) is 0. The van der Waals surface area contributed by atoms with Crippen molar-refractivity contribution >= 4 is 22.3 Å². The fourth-order valence-corrected chi connectivity index (χ4v) is 2.03. The van der Waals surface area contributed by atoms with Gasteiger partial charge in [-0.05, 0) is 6.07 Å². The second-order valence-electron chi connectivity index (χ2n) is 3.14. The number of nitrogens with one attached hydrogen (secondary N) is 1. The molecule has 1 aliphatic heterocycles. The van der Waals surface area contributed by atoms with Crippen molar-refractivity contribution in [1.29, 1.82) is 0 Å². The van der Waals surface area contributed by atoms with E-state index in [1.807, 2.05) is 17.5 Å². The van der Waals surface area contributed by atoms with Gasteiger partial charge in [0.05, 0.1) is 6.54 Å². The molecule has 0 unspecified atom stereocenters. The van der Waals surface area contributed by atoms with Crippen LogP contribution < -0.4 is 5.32 Å². The molecule has 0 aliphatic carbocycles.